The van der Waals surface area contributed by atoms with Crippen LogP contribution in [0, 0.1) is 0 Å². The van der Waals surface area contributed by atoms with E-state index in [9.17, 15) is 29.1 Å². The summed E-state index contributed by atoms with van der Waals surface area (Å²) in [6.45, 7) is -0.134. The average molecular weight is 507 g/mol. The van der Waals surface area contributed by atoms with E-state index in [-0.39, 0.29) is 31.9 Å². The molecule has 0 saturated heterocycles. The quantitative estimate of drug-likeness (QED) is 0.303. The number of nitrogens with zero attached hydrogens (tertiary/aromatic N) is 1. The number of carbonyl (C=O) groups is 3. The smallest absolute Gasteiger partial charge is 0.407 e. The first kappa shape index (κ1) is 25.4. The third kappa shape index (κ3) is 6.13. The maximum atomic E-state index is 12.3. The normalized spacial score (nSPS) is 12.8. The Morgan fingerprint density at radius 2 is 1.65 bits per heavy atom. The molecule has 4 N–H and O–H groups in total. The number of hydrogen-bond acceptors (Lipinski definition) is 6. The van der Waals surface area contributed by atoms with E-state index in [1.54, 1.807) is 0 Å². The molecule has 2 amide bonds. The van der Waals surface area contributed by atoms with Crippen LogP contribution >= 0.6 is 0 Å². The maximum Gasteiger partial charge on any atom is 0.407 e. The Balaban J connectivity index is 1.22. The van der Waals surface area contributed by atoms with Crippen LogP contribution in [0.3, 0.4) is 0 Å². The third-order valence-electron chi connectivity index (χ3n) is 6.13. The Morgan fingerprint density at radius 1 is 1.00 bits per heavy atom. The number of nitrogens with one attached hydrogen (secondary N) is 3. The molecule has 0 saturated carbocycles. The Bertz CT molecular complexity index is 1380. The molecule has 0 aliphatic heterocycles. The van der Waals surface area contributed by atoms with Gasteiger partial charge in [-0.3, -0.25) is 19.1 Å². The Labute approximate surface area is 211 Å². The molecule has 3 aromatic rings. The van der Waals surface area contributed by atoms with Crippen LogP contribution in [0.4, 0.5) is 4.79 Å². The molecule has 37 heavy (non-hydrogen) atoms. The molecule has 1 heterocycles. The number of carboxylic acid groups (broad SMARTS) is 1. The number of H-pyrrole nitrogens is 1. The fourth-order valence-electron chi connectivity index (χ4n) is 4.37. The van der Waals surface area contributed by atoms with Crippen LogP contribution < -0.4 is 21.9 Å². The Morgan fingerprint density at radius 3 is 2.27 bits per heavy atom. The molecular formula is C26H26N4O7. The zero-order valence-corrected chi connectivity index (χ0v) is 19.8. The predicted octanol–water partition coefficient (Wildman–Crippen LogP) is 1.42. The van der Waals surface area contributed by atoms with Gasteiger partial charge in [0.25, 0.3) is 5.56 Å². The second kappa shape index (κ2) is 11.4. The number of ether oxygens (including phenoxy) is 1. The van der Waals surface area contributed by atoms with Gasteiger partial charge in [0.15, 0.2) is 0 Å². The number of aromatic nitrogens is 2. The first-order valence-electron chi connectivity index (χ1n) is 11.7. The Hall–Kier alpha value is -4.67. The highest BCUT2D eigenvalue weighted by Crippen LogP contribution is 2.44. The summed E-state index contributed by atoms with van der Waals surface area (Å²) in [6.07, 6.45) is 0.843. The van der Waals surface area contributed by atoms with Gasteiger partial charge in [-0.25, -0.2) is 14.4 Å². The predicted molar refractivity (Wildman–Crippen MR) is 133 cm³/mol. The summed E-state index contributed by atoms with van der Waals surface area (Å²) in [6, 6.07) is 15.9. The topological polar surface area (TPSA) is 160 Å². The van der Waals surface area contributed by atoms with Gasteiger partial charge in [0.2, 0.25) is 5.91 Å². The van der Waals surface area contributed by atoms with E-state index in [0.717, 1.165) is 39.1 Å². The minimum absolute atomic E-state index is 0.0469. The number of benzene rings is 2. The minimum atomic E-state index is -1.25. The molecule has 0 unspecified atom stereocenters. The van der Waals surface area contributed by atoms with Crippen molar-refractivity contribution in [3.05, 3.63) is 92.8 Å². The van der Waals surface area contributed by atoms with E-state index in [1.807, 2.05) is 53.5 Å². The zero-order chi connectivity index (χ0) is 26.4. The van der Waals surface area contributed by atoms with Crippen LogP contribution in [0.1, 0.15) is 29.9 Å². The lowest BCUT2D eigenvalue weighted by Gasteiger charge is -2.16. The summed E-state index contributed by atoms with van der Waals surface area (Å²) in [7, 11) is 0. The van der Waals surface area contributed by atoms with Gasteiger partial charge in [-0.15, -0.1) is 0 Å². The van der Waals surface area contributed by atoms with Crippen LogP contribution in [0.25, 0.3) is 11.1 Å². The maximum absolute atomic E-state index is 12.3. The van der Waals surface area contributed by atoms with Crippen LogP contribution in [-0.4, -0.2) is 51.8 Å². The van der Waals surface area contributed by atoms with E-state index in [2.05, 4.69) is 10.6 Å². The van der Waals surface area contributed by atoms with E-state index >= 15 is 0 Å². The van der Waals surface area contributed by atoms with Crippen LogP contribution in [0.5, 0.6) is 0 Å². The van der Waals surface area contributed by atoms with E-state index in [4.69, 9.17) is 4.74 Å². The Kier molecular flexibility index (Phi) is 7.82. The molecular weight excluding hydrogens is 480 g/mol. The molecule has 1 aliphatic rings. The van der Waals surface area contributed by atoms with Crippen molar-refractivity contribution in [3.8, 4) is 11.1 Å². The summed E-state index contributed by atoms with van der Waals surface area (Å²) in [4.78, 5) is 60.8. The lowest BCUT2D eigenvalue weighted by molar-refractivity contribution is -0.142. The molecule has 1 aromatic heterocycles. The van der Waals surface area contributed by atoms with E-state index in [0.29, 0.717) is 0 Å². The third-order valence-corrected chi connectivity index (χ3v) is 6.13. The molecule has 11 nitrogen and oxygen atoms in total. The lowest BCUT2D eigenvalue weighted by atomic mass is 9.98. The van der Waals surface area contributed by atoms with Gasteiger partial charge in [0, 0.05) is 24.7 Å². The molecule has 1 atom stereocenters. The highest BCUT2D eigenvalue weighted by atomic mass is 16.5. The van der Waals surface area contributed by atoms with Crippen molar-refractivity contribution >= 4 is 18.0 Å². The molecule has 11 heteroatoms. The van der Waals surface area contributed by atoms with Crippen molar-refractivity contribution in [1.29, 1.82) is 0 Å². The van der Waals surface area contributed by atoms with Gasteiger partial charge in [0.05, 0.1) is 0 Å². The molecule has 0 spiro atoms. The summed E-state index contributed by atoms with van der Waals surface area (Å²) >= 11 is 0. The second-order valence-electron chi connectivity index (χ2n) is 8.59. The number of alkyl carbamates (subject to hydrolysis) is 1. The summed E-state index contributed by atoms with van der Waals surface area (Å²) < 4.78 is 6.40. The molecule has 0 bridgehead atoms. The minimum Gasteiger partial charge on any atom is -0.480 e. The number of carboxylic acids is 1. The van der Waals surface area contributed by atoms with E-state index in [1.165, 1.54) is 0 Å². The number of aliphatic carboxylic acids is 1. The molecule has 1 aliphatic carbocycles. The molecule has 2 aromatic carbocycles. The van der Waals surface area contributed by atoms with Crippen molar-refractivity contribution < 1.29 is 24.2 Å². The number of carbonyl (C=O) groups excluding carboxylic acids is 2. The van der Waals surface area contributed by atoms with Gasteiger partial charge in [-0.2, -0.15) is 0 Å². The monoisotopic (exact) mass is 506 g/mol. The van der Waals surface area contributed by atoms with Gasteiger partial charge < -0.3 is 20.5 Å². The summed E-state index contributed by atoms with van der Waals surface area (Å²) in [5, 5.41) is 14.4. The van der Waals surface area contributed by atoms with Crippen molar-refractivity contribution in [2.24, 2.45) is 0 Å². The van der Waals surface area contributed by atoms with Gasteiger partial charge >= 0.3 is 17.8 Å². The SMILES string of the molecule is O=C(Cn1ccc(=O)[nH]c1=O)N[C@@H](CCCNC(=O)OCC1c2ccccc2-c2ccccc21)C(=O)O. The number of hydrogen-bond donors (Lipinski definition) is 4. The van der Waals surface area contributed by atoms with Gasteiger partial charge in [-0.1, -0.05) is 48.5 Å². The molecule has 0 fully saturated rings. The van der Waals surface area contributed by atoms with Crippen LogP contribution in [0.15, 0.2) is 70.4 Å². The lowest BCUT2D eigenvalue weighted by Crippen LogP contribution is -2.44. The molecule has 0 radical (unpaired) electrons. The number of fused-ring (bicyclic) bond motifs is 3. The fraction of sp³-hybridized carbons (Fsp3) is 0.269. The summed E-state index contributed by atoms with van der Waals surface area (Å²) in [5.41, 5.74) is 3.07. The number of amides is 2. The first-order valence-corrected chi connectivity index (χ1v) is 11.7. The first-order chi connectivity index (χ1) is 17.8. The number of rotatable bonds is 10. The van der Waals surface area contributed by atoms with E-state index < -0.39 is 41.8 Å². The second-order valence-corrected chi connectivity index (χ2v) is 8.59. The zero-order valence-electron chi connectivity index (χ0n) is 19.8. The van der Waals surface area contributed by atoms with Crippen LogP contribution in [-0.2, 0) is 20.9 Å². The standard InChI is InChI=1S/C26H26N4O7/c31-22-11-13-30(25(35)29-22)14-23(32)28-21(24(33)34)10-5-12-27-26(36)37-15-20-18-8-3-1-6-16(18)17-7-2-4-9-19(17)20/h1-4,6-9,11,13,20-21H,5,10,12,14-15H2,(H,27,36)(H,28,32)(H,33,34)(H,29,31,35)/t21-/m0/s1. The number of aromatic amines is 1. The molecule has 4 rings (SSSR count). The fourth-order valence-corrected chi connectivity index (χ4v) is 4.37. The van der Waals surface area contributed by atoms with Crippen molar-refractivity contribution in [3.63, 3.8) is 0 Å². The van der Waals surface area contributed by atoms with Crippen molar-refractivity contribution in [2.45, 2.75) is 31.3 Å². The largest absolute Gasteiger partial charge is 0.480 e. The highest BCUT2D eigenvalue weighted by molar-refractivity contribution is 5.83. The van der Waals surface area contributed by atoms with Crippen molar-refractivity contribution in [2.75, 3.05) is 13.2 Å². The van der Waals surface area contributed by atoms with Crippen LogP contribution in [0.2, 0.25) is 0 Å². The molecule has 192 valence electrons. The summed E-state index contributed by atoms with van der Waals surface area (Å²) in [5.74, 6) is -2.02. The van der Waals surface area contributed by atoms with Gasteiger partial charge in [-0.05, 0) is 35.1 Å². The average Bonchev–Trinajstić information content (AvgIpc) is 3.20. The highest BCUT2D eigenvalue weighted by Gasteiger charge is 2.29. The van der Waals surface area contributed by atoms with Crippen molar-refractivity contribution in [1.82, 2.24) is 20.2 Å². The van der Waals surface area contributed by atoms with Gasteiger partial charge in [0.1, 0.15) is 19.2 Å².